The molecule has 0 bridgehead atoms. The summed E-state index contributed by atoms with van der Waals surface area (Å²) in [4.78, 5) is 23.0. The third kappa shape index (κ3) is 2.81. The van der Waals surface area contributed by atoms with Crippen LogP contribution in [0.3, 0.4) is 0 Å². The Morgan fingerprint density at radius 1 is 1.47 bits per heavy atom. The molecular formula is C11H12N4O2. The molecule has 0 saturated carbocycles. The normalized spacial score (nSPS) is 10.2. The predicted molar refractivity (Wildman–Crippen MR) is 62.0 cm³/mol. The van der Waals surface area contributed by atoms with Gasteiger partial charge in [-0.15, -0.1) is 0 Å². The van der Waals surface area contributed by atoms with Crippen LogP contribution in [0.1, 0.15) is 5.56 Å². The lowest BCUT2D eigenvalue weighted by molar-refractivity contribution is -0.116. The molecule has 0 aliphatic heterocycles. The fourth-order valence-corrected chi connectivity index (χ4v) is 1.44. The number of pyridine rings is 1. The van der Waals surface area contributed by atoms with Crippen LogP contribution in [-0.4, -0.2) is 20.4 Å². The molecule has 2 aromatic heterocycles. The van der Waals surface area contributed by atoms with Crippen LogP contribution in [0.15, 0.2) is 41.6 Å². The molecule has 17 heavy (non-hydrogen) atoms. The Labute approximate surface area is 97.5 Å². The van der Waals surface area contributed by atoms with Crippen LogP contribution in [0.5, 0.6) is 0 Å². The van der Waals surface area contributed by atoms with Crippen LogP contribution in [0.2, 0.25) is 0 Å². The van der Waals surface area contributed by atoms with Gasteiger partial charge in [-0.3, -0.25) is 19.7 Å². The minimum absolute atomic E-state index is 0.190. The van der Waals surface area contributed by atoms with Crippen molar-refractivity contribution in [1.82, 2.24) is 14.5 Å². The number of aryl methyl sites for hydroxylation is 1. The van der Waals surface area contributed by atoms with Crippen LogP contribution >= 0.6 is 0 Å². The Bertz CT molecular complexity index is 585. The fraction of sp³-hybridized carbons (Fsp3) is 0.182. The summed E-state index contributed by atoms with van der Waals surface area (Å²) in [6.07, 6.45) is 5.07. The lowest BCUT2D eigenvalue weighted by Crippen LogP contribution is -2.32. The molecule has 0 aromatic carbocycles. The highest BCUT2D eigenvalue weighted by molar-refractivity contribution is 5.85. The maximum atomic E-state index is 11.6. The van der Waals surface area contributed by atoms with Gasteiger partial charge in [0.25, 0.3) is 5.56 Å². The van der Waals surface area contributed by atoms with Gasteiger partial charge >= 0.3 is 0 Å². The van der Waals surface area contributed by atoms with Crippen molar-refractivity contribution in [2.24, 2.45) is 7.05 Å². The molecular weight excluding hydrogens is 220 g/mol. The molecule has 0 radical (unpaired) electrons. The van der Waals surface area contributed by atoms with Crippen LogP contribution in [0.25, 0.3) is 0 Å². The fourth-order valence-electron chi connectivity index (χ4n) is 1.44. The van der Waals surface area contributed by atoms with Gasteiger partial charge in [-0.05, 0) is 11.6 Å². The van der Waals surface area contributed by atoms with E-state index in [1.54, 1.807) is 36.3 Å². The van der Waals surface area contributed by atoms with Gasteiger partial charge in [0, 0.05) is 25.5 Å². The van der Waals surface area contributed by atoms with E-state index in [1.165, 1.54) is 12.3 Å². The summed E-state index contributed by atoms with van der Waals surface area (Å²) in [7, 11) is 1.78. The van der Waals surface area contributed by atoms with Crippen molar-refractivity contribution >= 4 is 5.91 Å². The molecule has 0 aliphatic rings. The maximum Gasteiger partial charge on any atom is 0.269 e. The minimum atomic E-state index is -0.271. The summed E-state index contributed by atoms with van der Waals surface area (Å²) in [5.41, 5.74) is 3.02. The summed E-state index contributed by atoms with van der Waals surface area (Å²) in [6, 6.07) is 4.67. The summed E-state index contributed by atoms with van der Waals surface area (Å²) < 4.78 is 2.77. The highest BCUT2D eigenvalue weighted by atomic mass is 16.2. The molecule has 1 amide bonds. The number of amides is 1. The van der Waals surface area contributed by atoms with Gasteiger partial charge in [0.2, 0.25) is 5.91 Å². The molecule has 2 aromatic rings. The molecule has 6 nitrogen and oxygen atoms in total. The summed E-state index contributed by atoms with van der Waals surface area (Å²) in [5.74, 6) is -0.258. The Morgan fingerprint density at radius 3 is 2.94 bits per heavy atom. The molecule has 2 rings (SSSR count). The summed E-state index contributed by atoms with van der Waals surface area (Å²) in [6.45, 7) is 0. The van der Waals surface area contributed by atoms with E-state index in [-0.39, 0.29) is 17.9 Å². The number of rotatable bonds is 3. The Balaban J connectivity index is 2.03. The van der Waals surface area contributed by atoms with Crippen molar-refractivity contribution in [3.8, 4) is 0 Å². The average Bonchev–Trinajstić information content (AvgIpc) is 2.67. The molecule has 0 fully saturated rings. The quantitative estimate of drug-likeness (QED) is 0.803. The van der Waals surface area contributed by atoms with Crippen LogP contribution in [0.4, 0.5) is 0 Å². The van der Waals surface area contributed by atoms with Gasteiger partial charge in [-0.1, -0.05) is 6.07 Å². The van der Waals surface area contributed by atoms with Gasteiger partial charge in [0.05, 0.1) is 12.6 Å². The first-order valence-electron chi connectivity index (χ1n) is 5.10. The average molecular weight is 232 g/mol. The van der Waals surface area contributed by atoms with E-state index in [2.05, 4.69) is 10.5 Å². The molecule has 6 heteroatoms. The van der Waals surface area contributed by atoms with Gasteiger partial charge in [0.1, 0.15) is 0 Å². The third-order valence-electron chi connectivity index (χ3n) is 2.19. The van der Waals surface area contributed by atoms with Crippen molar-refractivity contribution in [3.63, 3.8) is 0 Å². The van der Waals surface area contributed by atoms with E-state index in [4.69, 9.17) is 0 Å². The molecule has 0 spiro atoms. The van der Waals surface area contributed by atoms with Gasteiger partial charge < -0.3 is 0 Å². The van der Waals surface area contributed by atoms with Gasteiger partial charge in [-0.25, -0.2) is 4.68 Å². The number of nitrogens with one attached hydrogen (secondary N) is 1. The van der Waals surface area contributed by atoms with Crippen LogP contribution < -0.4 is 11.0 Å². The summed E-state index contributed by atoms with van der Waals surface area (Å²) in [5, 5.41) is 3.96. The minimum Gasteiger partial charge on any atom is -0.276 e. The van der Waals surface area contributed by atoms with E-state index < -0.39 is 0 Å². The highest BCUT2D eigenvalue weighted by Crippen LogP contribution is 1.97. The van der Waals surface area contributed by atoms with Crippen LogP contribution in [-0.2, 0) is 18.3 Å². The van der Waals surface area contributed by atoms with Gasteiger partial charge in [0.15, 0.2) is 0 Å². The van der Waals surface area contributed by atoms with E-state index in [9.17, 15) is 9.59 Å². The smallest absolute Gasteiger partial charge is 0.269 e. The number of hydrogen-bond acceptors (Lipinski definition) is 3. The lowest BCUT2D eigenvalue weighted by Gasteiger charge is -2.05. The molecule has 2 heterocycles. The Hall–Kier alpha value is -2.37. The van der Waals surface area contributed by atoms with Crippen molar-refractivity contribution in [3.05, 3.63) is 52.7 Å². The molecule has 0 saturated heterocycles. The van der Waals surface area contributed by atoms with Gasteiger partial charge in [-0.2, -0.15) is 5.10 Å². The van der Waals surface area contributed by atoms with Crippen molar-refractivity contribution in [2.45, 2.75) is 6.42 Å². The van der Waals surface area contributed by atoms with Crippen LogP contribution in [0, 0.1) is 0 Å². The topological polar surface area (TPSA) is 68.9 Å². The Kier molecular flexibility index (Phi) is 3.04. The number of carbonyl (C=O) groups is 1. The first-order valence-corrected chi connectivity index (χ1v) is 5.10. The molecule has 1 N–H and O–H groups in total. The molecule has 88 valence electrons. The second kappa shape index (κ2) is 4.65. The largest absolute Gasteiger partial charge is 0.276 e. The molecule has 0 aliphatic carbocycles. The van der Waals surface area contributed by atoms with E-state index >= 15 is 0 Å². The number of hydrogen-bond donors (Lipinski definition) is 1. The Morgan fingerprint density at radius 2 is 2.29 bits per heavy atom. The number of carbonyl (C=O) groups excluding carboxylic acids is 1. The maximum absolute atomic E-state index is 11.6. The van der Waals surface area contributed by atoms with E-state index in [1.807, 2.05) is 0 Å². The number of nitrogens with zero attached hydrogens (tertiary/aromatic N) is 3. The second-order valence-electron chi connectivity index (χ2n) is 3.64. The molecule has 0 unspecified atom stereocenters. The van der Waals surface area contributed by atoms with Crippen molar-refractivity contribution in [2.75, 3.05) is 5.43 Å². The lowest BCUT2D eigenvalue weighted by atomic mass is 10.2. The number of aromatic nitrogens is 3. The molecule has 0 atom stereocenters. The zero-order valence-electron chi connectivity index (χ0n) is 9.33. The zero-order chi connectivity index (χ0) is 12.3. The SMILES string of the molecule is Cn1cc(CC(=O)Nn2ccccc2=O)cn1. The summed E-state index contributed by atoms with van der Waals surface area (Å²) >= 11 is 0. The van der Waals surface area contributed by atoms with Crippen molar-refractivity contribution in [1.29, 1.82) is 0 Å². The zero-order valence-corrected chi connectivity index (χ0v) is 9.33. The first-order chi connectivity index (χ1) is 8.15. The van der Waals surface area contributed by atoms with E-state index in [0.29, 0.717) is 0 Å². The standard InChI is InChI=1S/C11H12N4O2/c1-14-8-9(7-12-14)6-10(16)13-15-5-3-2-4-11(15)17/h2-5,7-8H,6H2,1H3,(H,13,16). The predicted octanol–water partition coefficient (Wildman–Crippen LogP) is -0.105. The highest BCUT2D eigenvalue weighted by Gasteiger charge is 2.05. The van der Waals surface area contributed by atoms with Crippen molar-refractivity contribution < 1.29 is 4.79 Å². The third-order valence-corrected chi connectivity index (χ3v) is 2.19. The van der Waals surface area contributed by atoms with E-state index in [0.717, 1.165) is 10.2 Å². The first kappa shape index (κ1) is 11.1. The monoisotopic (exact) mass is 232 g/mol. The second-order valence-corrected chi connectivity index (χ2v) is 3.64.